The second kappa shape index (κ2) is 8.00. The zero-order chi connectivity index (χ0) is 13.0. The van der Waals surface area contributed by atoms with Crippen molar-refractivity contribution < 1.29 is 4.79 Å². The summed E-state index contributed by atoms with van der Waals surface area (Å²) in [6.07, 6.45) is 0. The number of benzene rings is 1. The normalized spacial score (nSPS) is 18.8. The summed E-state index contributed by atoms with van der Waals surface area (Å²) in [6, 6.07) is 7.88. The minimum absolute atomic E-state index is 0. The molecule has 0 spiro atoms. The highest BCUT2D eigenvalue weighted by Gasteiger charge is 2.22. The molecule has 1 unspecified atom stereocenters. The zero-order valence-electron chi connectivity index (χ0n) is 10.8. The largest absolute Gasteiger partial charge is 0.337 e. The van der Waals surface area contributed by atoms with Crippen molar-refractivity contribution >= 4 is 41.7 Å². The van der Waals surface area contributed by atoms with Crippen LogP contribution in [0.25, 0.3) is 0 Å². The molecular formula is C13H18Cl2N2OS. The number of nitrogens with one attached hydrogen (secondary N) is 1. The SMILES string of the molecule is CC1CNCCN1C(=O)CSc1ccc(Cl)cc1.Cl. The molecule has 19 heavy (non-hydrogen) atoms. The summed E-state index contributed by atoms with van der Waals surface area (Å²) in [7, 11) is 0. The molecule has 1 aromatic rings. The summed E-state index contributed by atoms with van der Waals surface area (Å²) in [4.78, 5) is 15.1. The van der Waals surface area contributed by atoms with Crippen molar-refractivity contribution in [2.75, 3.05) is 25.4 Å². The first-order valence-electron chi connectivity index (χ1n) is 6.05. The number of rotatable bonds is 3. The Hall–Kier alpha value is -0.420. The first-order valence-corrected chi connectivity index (χ1v) is 7.42. The Balaban J connectivity index is 0.00000180. The van der Waals surface area contributed by atoms with Gasteiger partial charge < -0.3 is 10.2 Å². The van der Waals surface area contributed by atoms with E-state index in [0.717, 1.165) is 29.6 Å². The number of hydrogen-bond acceptors (Lipinski definition) is 3. The number of amides is 1. The molecule has 3 nitrogen and oxygen atoms in total. The van der Waals surface area contributed by atoms with Crippen LogP contribution in [0.5, 0.6) is 0 Å². The molecule has 0 bridgehead atoms. The molecule has 0 aromatic heterocycles. The van der Waals surface area contributed by atoms with Crippen molar-refractivity contribution in [3.63, 3.8) is 0 Å². The molecule has 106 valence electrons. The summed E-state index contributed by atoms with van der Waals surface area (Å²) in [5.41, 5.74) is 0. The van der Waals surface area contributed by atoms with Crippen LogP contribution in [-0.2, 0) is 4.79 Å². The van der Waals surface area contributed by atoms with Gasteiger partial charge in [-0.15, -0.1) is 24.2 Å². The Morgan fingerprint density at radius 2 is 2.16 bits per heavy atom. The molecule has 1 amide bonds. The Bertz CT molecular complexity index is 414. The molecule has 1 N–H and O–H groups in total. The molecule has 0 saturated carbocycles. The molecular weight excluding hydrogens is 303 g/mol. The van der Waals surface area contributed by atoms with E-state index in [9.17, 15) is 4.79 Å². The van der Waals surface area contributed by atoms with Crippen LogP contribution in [-0.4, -0.2) is 42.2 Å². The number of halogens is 2. The number of carbonyl (C=O) groups excluding carboxylic acids is 1. The molecule has 0 aliphatic carbocycles. The topological polar surface area (TPSA) is 32.3 Å². The van der Waals surface area contributed by atoms with Gasteiger partial charge in [-0.1, -0.05) is 11.6 Å². The van der Waals surface area contributed by atoms with Gasteiger partial charge in [0.2, 0.25) is 5.91 Å². The molecule has 6 heteroatoms. The number of piperazine rings is 1. The summed E-state index contributed by atoms with van der Waals surface area (Å²) < 4.78 is 0. The minimum atomic E-state index is 0. The molecule has 1 saturated heterocycles. The number of thioether (sulfide) groups is 1. The molecule has 1 aromatic carbocycles. The third-order valence-electron chi connectivity index (χ3n) is 3.00. The minimum Gasteiger partial charge on any atom is -0.337 e. The smallest absolute Gasteiger partial charge is 0.233 e. The fraction of sp³-hybridized carbons (Fsp3) is 0.462. The predicted molar refractivity (Wildman–Crippen MR) is 83.5 cm³/mol. The quantitative estimate of drug-likeness (QED) is 0.869. The van der Waals surface area contributed by atoms with E-state index >= 15 is 0 Å². The van der Waals surface area contributed by atoms with Gasteiger partial charge in [-0.05, 0) is 31.2 Å². The second-order valence-corrected chi connectivity index (χ2v) is 5.87. The van der Waals surface area contributed by atoms with Crippen LogP contribution in [0, 0.1) is 0 Å². The first kappa shape index (κ1) is 16.6. The lowest BCUT2D eigenvalue weighted by Gasteiger charge is -2.33. The second-order valence-electron chi connectivity index (χ2n) is 4.38. The molecule has 1 fully saturated rings. The monoisotopic (exact) mass is 320 g/mol. The van der Waals surface area contributed by atoms with E-state index in [1.54, 1.807) is 11.8 Å². The van der Waals surface area contributed by atoms with Crippen LogP contribution in [0.4, 0.5) is 0 Å². The molecule has 1 aliphatic heterocycles. The van der Waals surface area contributed by atoms with Gasteiger partial charge in [0.15, 0.2) is 0 Å². The zero-order valence-corrected chi connectivity index (χ0v) is 13.2. The fourth-order valence-electron chi connectivity index (χ4n) is 1.97. The number of carbonyl (C=O) groups is 1. The maximum atomic E-state index is 12.1. The molecule has 1 aliphatic rings. The van der Waals surface area contributed by atoms with E-state index in [2.05, 4.69) is 12.2 Å². The van der Waals surface area contributed by atoms with E-state index in [4.69, 9.17) is 11.6 Å². The highest BCUT2D eigenvalue weighted by molar-refractivity contribution is 8.00. The molecule has 1 atom stereocenters. The number of nitrogens with zero attached hydrogens (tertiary/aromatic N) is 1. The standard InChI is InChI=1S/C13H17ClN2OS.ClH/c1-10-8-15-6-7-16(10)13(17)9-18-12-4-2-11(14)3-5-12;/h2-5,10,15H,6-9H2,1H3;1H. The lowest BCUT2D eigenvalue weighted by Crippen LogP contribution is -2.52. The van der Waals surface area contributed by atoms with Crippen molar-refractivity contribution in [3.05, 3.63) is 29.3 Å². The maximum Gasteiger partial charge on any atom is 0.233 e. The third-order valence-corrected chi connectivity index (χ3v) is 4.25. The van der Waals surface area contributed by atoms with Gasteiger partial charge in [0.1, 0.15) is 0 Å². The van der Waals surface area contributed by atoms with Crippen molar-refractivity contribution in [1.29, 1.82) is 0 Å². The fourth-order valence-corrected chi connectivity index (χ4v) is 2.88. The average Bonchev–Trinajstić information content (AvgIpc) is 2.38. The van der Waals surface area contributed by atoms with E-state index in [1.165, 1.54) is 0 Å². The third kappa shape index (κ3) is 4.88. The van der Waals surface area contributed by atoms with Gasteiger partial charge in [-0.3, -0.25) is 4.79 Å². The predicted octanol–water partition coefficient (Wildman–Crippen LogP) is 2.67. The van der Waals surface area contributed by atoms with Crippen molar-refractivity contribution in [3.8, 4) is 0 Å². The lowest BCUT2D eigenvalue weighted by atomic mass is 10.2. The summed E-state index contributed by atoms with van der Waals surface area (Å²) in [5, 5.41) is 4.01. The van der Waals surface area contributed by atoms with E-state index < -0.39 is 0 Å². The van der Waals surface area contributed by atoms with Crippen molar-refractivity contribution in [2.45, 2.75) is 17.9 Å². The lowest BCUT2D eigenvalue weighted by molar-refractivity contribution is -0.131. The van der Waals surface area contributed by atoms with E-state index in [1.807, 2.05) is 29.2 Å². The van der Waals surface area contributed by atoms with E-state index in [0.29, 0.717) is 5.75 Å². The maximum absolute atomic E-state index is 12.1. The van der Waals surface area contributed by atoms with Crippen molar-refractivity contribution in [1.82, 2.24) is 10.2 Å². The van der Waals surface area contributed by atoms with Crippen LogP contribution < -0.4 is 5.32 Å². The Morgan fingerprint density at radius 3 is 2.79 bits per heavy atom. The molecule has 0 radical (unpaired) electrons. The molecule has 1 heterocycles. The van der Waals surface area contributed by atoms with Gasteiger partial charge in [0.05, 0.1) is 5.75 Å². The summed E-state index contributed by atoms with van der Waals surface area (Å²) in [5.74, 6) is 0.704. The van der Waals surface area contributed by atoms with Crippen LogP contribution >= 0.6 is 35.8 Å². The Kier molecular flexibility index (Phi) is 7.00. The van der Waals surface area contributed by atoms with Crippen LogP contribution in [0.1, 0.15) is 6.92 Å². The van der Waals surface area contributed by atoms with Crippen molar-refractivity contribution in [2.24, 2.45) is 0 Å². The van der Waals surface area contributed by atoms with Crippen LogP contribution in [0.3, 0.4) is 0 Å². The highest BCUT2D eigenvalue weighted by atomic mass is 35.5. The summed E-state index contributed by atoms with van der Waals surface area (Å²) >= 11 is 7.39. The van der Waals surface area contributed by atoms with E-state index in [-0.39, 0.29) is 24.4 Å². The number of hydrogen-bond donors (Lipinski definition) is 1. The van der Waals surface area contributed by atoms with Gasteiger partial charge in [0, 0.05) is 35.6 Å². The van der Waals surface area contributed by atoms with Gasteiger partial charge in [0.25, 0.3) is 0 Å². The van der Waals surface area contributed by atoms with Crippen LogP contribution in [0.2, 0.25) is 5.02 Å². The average molecular weight is 321 g/mol. The van der Waals surface area contributed by atoms with Gasteiger partial charge >= 0.3 is 0 Å². The highest BCUT2D eigenvalue weighted by Crippen LogP contribution is 2.21. The Labute approximate surface area is 129 Å². The van der Waals surface area contributed by atoms with Gasteiger partial charge in [-0.25, -0.2) is 0 Å². The van der Waals surface area contributed by atoms with Gasteiger partial charge in [-0.2, -0.15) is 0 Å². The summed E-state index contributed by atoms with van der Waals surface area (Å²) in [6.45, 7) is 4.66. The first-order chi connectivity index (χ1) is 8.66. The Morgan fingerprint density at radius 1 is 1.47 bits per heavy atom. The van der Waals surface area contributed by atoms with Crippen LogP contribution in [0.15, 0.2) is 29.2 Å². The molecule has 2 rings (SSSR count).